The molecule has 106 valence electrons. The standard InChI is InChI=1S/C13H9N3O5/c17-12-6-5-10(7-11(12)16(20)21)15-14-9-3-1-8(2-4-9)13(18)19/h1-7,17H,(H,18,19). The number of hydrogen-bond acceptors (Lipinski definition) is 6. The summed E-state index contributed by atoms with van der Waals surface area (Å²) >= 11 is 0. The van der Waals surface area contributed by atoms with Crippen LogP contribution in [-0.4, -0.2) is 21.1 Å². The molecule has 0 spiro atoms. The first-order valence-electron chi connectivity index (χ1n) is 5.70. The van der Waals surface area contributed by atoms with Crippen LogP contribution in [0.2, 0.25) is 0 Å². The van der Waals surface area contributed by atoms with Crippen LogP contribution in [-0.2, 0) is 0 Å². The molecular weight excluding hydrogens is 278 g/mol. The molecule has 21 heavy (non-hydrogen) atoms. The minimum atomic E-state index is -1.05. The number of benzene rings is 2. The average Bonchev–Trinajstić information content (AvgIpc) is 2.46. The Bertz CT molecular complexity index is 725. The van der Waals surface area contributed by atoms with Gasteiger partial charge in [0.2, 0.25) is 0 Å². The van der Waals surface area contributed by atoms with Crippen molar-refractivity contribution in [3.63, 3.8) is 0 Å². The van der Waals surface area contributed by atoms with Crippen LogP contribution >= 0.6 is 0 Å². The highest BCUT2D eigenvalue weighted by Gasteiger charge is 2.13. The average molecular weight is 287 g/mol. The van der Waals surface area contributed by atoms with Gasteiger partial charge in [-0.15, -0.1) is 0 Å². The first-order chi connectivity index (χ1) is 9.97. The molecule has 0 aromatic heterocycles. The Kier molecular flexibility index (Phi) is 3.89. The monoisotopic (exact) mass is 287 g/mol. The summed E-state index contributed by atoms with van der Waals surface area (Å²) < 4.78 is 0. The van der Waals surface area contributed by atoms with Gasteiger partial charge < -0.3 is 10.2 Å². The van der Waals surface area contributed by atoms with Crippen LogP contribution in [0.15, 0.2) is 52.7 Å². The minimum absolute atomic E-state index is 0.120. The van der Waals surface area contributed by atoms with Crippen LogP contribution in [0, 0.1) is 10.1 Å². The zero-order valence-corrected chi connectivity index (χ0v) is 10.5. The molecule has 0 amide bonds. The lowest BCUT2D eigenvalue weighted by molar-refractivity contribution is -0.385. The molecule has 0 atom stereocenters. The molecule has 8 heteroatoms. The molecule has 0 aliphatic carbocycles. The lowest BCUT2D eigenvalue weighted by Crippen LogP contribution is -1.93. The van der Waals surface area contributed by atoms with Gasteiger partial charge in [0.05, 0.1) is 21.9 Å². The third-order valence-electron chi connectivity index (χ3n) is 2.55. The Morgan fingerprint density at radius 2 is 1.62 bits per heavy atom. The molecule has 2 aromatic rings. The van der Waals surface area contributed by atoms with Crippen molar-refractivity contribution >= 4 is 23.0 Å². The number of carboxylic acids is 1. The predicted octanol–water partition coefficient (Wildman–Crippen LogP) is 3.41. The zero-order valence-electron chi connectivity index (χ0n) is 10.5. The van der Waals surface area contributed by atoms with E-state index in [4.69, 9.17) is 5.11 Å². The lowest BCUT2D eigenvalue weighted by Gasteiger charge is -1.97. The SMILES string of the molecule is O=C(O)c1ccc(N=Nc2ccc(O)c([N+](=O)[O-])c2)cc1. The molecule has 2 rings (SSSR count). The maximum absolute atomic E-state index is 10.7. The number of aromatic hydroxyl groups is 1. The summed E-state index contributed by atoms with van der Waals surface area (Å²) in [4.78, 5) is 20.6. The Hall–Kier alpha value is -3.29. The Morgan fingerprint density at radius 1 is 1.05 bits per heavy atom. The Morgan fingerprint density at radius 3 is 2.19 bits per heavy atom. The number of hydrogen-bond donors (Lipinski definition) is 2. The second-order valence-corrected chi connectivity index (χ2v) is 3.98. The molecule has 0 radical (unpaired) electrons. The first-order valence-corrected chi connectivity index (χ1v) is 5.70. The highest BCUT2D eigenvalue weighted by atomic mass is 16.6. The summed E-state index contributed by atoms with van der Waals surface area (Å²) in [6.45, 7) is 0. The van der Waals surface area contributed by atoms with Gasteiger partial charge in [-0.05, 0) is 36.4 Å². The molecule has 0 saturated carbocycles. The summed E-state index contributed by atoms with van der Waals surface area (Å²) in [7, 11) is 0. The van der Waals surface area contributed by atoms with E-state index in [1.54, 1.807) is 0 Å². The van der Waals surface area contributed by atoms with Crippen LogP contribution in [0.1, 0.15) is 10.4 Å². The molecule has 0 unspecified atom stereocenters. The molecule has 2 N–H and O–H groups in total. The van der Waals surface area contributed by atoms with Gasteiger partial charge in [0.1, 0.15) is 0 Å². The third kappa shape index (κ3) is 3.38. The maximum Gasteiger partial charge on any atom is 0.335 e. The minimum Gasteiger partial charge on any atom is -0.502 e. The number of phenols is 1. The largest absolute Gasteiger partial charge is 0.502 e. The number of azo groups is 1. The van der Waals surface area contributed by atoms with Crippen molar-refractivity contribution in [1.29, 1.82) is 0 Å². The van der Waals surface area contributed by atoms with Gasteiger partial charge in [0.25, 0.3) is 0 Å². The number of nitro groups is 1. The maximum atomic E-state index is 10.7. The van der Waals surface area contributed by atoms with Gasteiger partial charge in [-0.3, -0.25) is 10.1 Å². The number of carboxylic acid groups (broad SMARTS) is 1. The topological polar surface area (TPSA) is 125 Å². The van der Waals surface area contributed by atoms with Crippen molar-refractivity contribution in [1.82, 2.24) is 0 Å². The molecular formula is C13H9N3O5. The van der Waals surface area contributed by atoms with Crippen LogP contribution in [0.4, 0.5) is 17.1 Å². The highest BCUT2D eigenvalue weighted by Crippen LogP contribution is 2.30. The quantitative estimate of drug-likeness (QED) is 0.506. The summed E-state index contributed by atoms with van der Waals surface area (Å²) in [5.41, 5.74) is 0.249. The summed E-state index contributed by atoms with van der Waals surface area (Å²) in [5.74, 6) is -1.50. The van der Waals surface area contributed by atoms with Crippen molar-refractivity contribution in [2.45, 2.75) is 0 Å². The van der Waals surface area contributed by atoms with E-state index in [1.807, 2.05) is 0 Å². The molecule has 0 aliphatic heterocycles. The lowest BCUT2D eigenvalue weighted by atomic mass is 10.2. The van der Waals surface area contributed by atoms with E-state index in [1.165, 1.54) is 30.3 Å². The number of rotatable bonds is 4. The smallest absolute Gasteiger partial charge is 0.335 e. The summed E-state index contributed by atoms with van der Waals surface area (Å²) in [6.07, 6.45) is 0. The van der Waals surface area contributed by atoms with Gasteiger partial charge in [-0.2, -0.15) is 10.2 Å². The highest BCUT2D eigenvalue weighted by molar-refractivity contribution is 5.87. The molecule has 0 bridgehead atoms. The number of nitrogens with zero attached hydrogens (tertiary/aromatic N) is 3. The van der Waals surface area contributed by atoms with Crippen LogP contribution in [0.25, 0.3) is 0 Å². The second kappa shape index (κ2) is 5.78. The van der Waals surface area contributed by atoms with Crippen molar-refractivity contribution in [2.75, 3.05) is 0 Å². The molecule has 0 saturated heterocycles. The second-order valence-electron chi connectivity index (χ2n) is 3.98. The Labute approximate surface area is 118 Å². The predicted molar refractivity (Wildman–Crippen MR) is 72.3 cm³/mol. The van der Waals surface area contributed by atoms with Crippen molar-refractivity contribution in [2.24, 2.45) is 10.2 Å². The third-order valence-corrected chi connectivity index (χ3v) is 2.55. The van der Waals surface area contributed by atoms with E-state index in [0.29, 0.717) is 5.69 Å². The van der Waals surface area contributed by atoms with Gasteiger partial charge in [-0.25, -0.2) is 4.79 Å². The summed E-state index contributed by atoms with van der Waals surface area (Å²) in [6, 6.07) is 9.28. The fourth-order valence-electron chi connectivity index (χ4n) is 1.51. The first kappa shape index (κ1) is 14.1. The normalized spacial score (nSPS) is 10.7. The fourth-order valence-corrected chi connectivity index (χ4v) is 1.51. The van der Waals surface area contributed by atoms with E-state index in [0.717, 1.165) is 12.1 Å². The van der Waals surface area contributed by atoms with Gasteiger partial charge >= 0.3 is 11.7 Å². The number of carbonyl (C=O) groups is 1. The van der Waals surface area contributed by atoms with E-state index >= 15 is 0 Å². The van der Waals surface area contributed by atoms with Gasteiger partial charge in [0, 0.05) is 6.07 Å². The number of phenolic OH excluding ortho intramolecular Hbond substituents is 1. The molecule has 2 aromatic carbocycles. The zero-order chi connectivity index (χ0) is 15.4. The molecule has 0 heterocycles. The van der Waals surface area contributed by atoms with E-state index in [2.05, 4.69) is 10.2 Å². The van der Waals surface area contributed by atoms with Crippen molar-refractivity contribution in [3.05, 3.63) is 58.1 Å². The molecule has 0 fully saturated rings. The molecule has 0 aliphatic rings. The van der Waals surface area contributed by atoms with Gasteiger partial charge in [0.15, 0.2) is 5.75 Å². The van der Waals surface area contributed by atoms with E-state index in [-0.39, 0.29) is 11.3 Å². The van der Waals surface area contributed by atoms with E-state index in [9.17, 15) is 20.0 Å². The van der Waals surface area contributed by atoms with Crippen molar-refractivity contribution in [3.8, 4) is 5.75 Å². The van der Waals surface area contributed by atoms with Gasteiger partial charge in [-0.1, -0.05) is 0 Å². The summed E-state index contributed by atoms with van der Waals surface area (Å²) in [5, 5.41) is 36.4. The number of aromatic carboxylic acids is 1. The van der Waals surface area contributed by atoms with Crippen LogP contribution < -0.4 is 0 Å². The van der Waals surface area contributed by atoms with Crippen molar-refractivity contribution < 1.29 is 19.9 Å². The Balaban J connectivity index is 2.23. The van der Waals surface area contributed by atoms with E-state index < -0.39 is 22.3 Å². The number of nitro benzene ring substituents is 1. The van der Waals surface area contributed by atoms with Crippen LogP contribution in [0.5, 0.6) is 5.75 Å². The fraction of sp³-hybridized carbons (Fsp3) is 0. The molecule has 8 nitrogen and oxygen atoms in total. The van der Waals surface area contributed by atoms with Crippen LogP contribution in [0.3, 0.4) is 0 Å².